The number of nitrogens with zero attached hydrogens (tertiary/aromatic N) is 1. The van der Waals surface area contributed by atoms with Crippen molar-refractivity contribution in [2.45, 2.75) is 31.0 Å². The Bertz CT molecular complexity index is 608. The van der Waals surface area contributed by atoms with E-state index in [4.69, 9.17) is 9.84 Å². The summed E-state index contributed by atoms with van der Waals surface area (Å²) >= 11 is 0. The zero-order valence-electron chi connectivity index (χ0n) is 9.92. The van der Waals surface area contributed by atoms with E-state index in [1.165, 1.54) is 0 Å². The van der Waals surface area contributed by atoms with Crippen molar-refractivity contribution in [2.24, 2.45) is 0 Å². The number of hydrogen-bond donors (Lipinski definition) is 3. The van der Waals surface area contributed by atoms with Crippen LogP contribution in [0.1, 0.15) is 18.2 Å². The molecule has 0 spiro atoms. The molecule has 1 unspecified atom stereocenters. The Balaban J connectivity index is 2.43. The zero-order chi connectivity index (χ0) is 15.1. The molecule has 112 valence electrons. The number of aliphatic hydroxyl groups is 2. The fraction of sp³-hybridized carbons (Fsp3) is 0.600. The maximum Gasteiger partial charge on any atom is 0.423 e. The summed E-state index contributed by atoms with van der Waals surface area (Å²) in [4.78, 5) is 24.2. The van der Waals surface area contributed by atoms with Crippen molar-refractivity contribution in [3.63, 3.8) is 0 Å². The van der Waals surface area contributed by atoms with Crippen LogP contribution in [-0.2, 0) is 10.9 Å². The van der Waals surface area contributed by atoms with Gasteiger partial charge < -0.3 is 14.9 Å². The van der Waals surface area contributed by atoms with Crippen molar-refractivity contribution < 1.29 is 28.1 Å². The van der Waals surface area contributed by atoms with Crippen LogP contribution in [0.25, 0.3) is 0 Å². The van der Waals surface area contributed by atoms with Gasteiger partial charge in [0, 0.05) is 12.6 Å². The Morgan fingerprint density at radius 3 is 2.60 bits per heavy atom. The average Bonchev–Trinajstić information content (AvgIpc) is 2.68. The highest BCUT2D eigenvalue weighted by Gasteiger charge is 2.38. The quantitative estimate of drug-likeness (QED) is 0.662. The van der Waals surface area contributed by atoms with Crippen LogP contribution in [0.15, 0.2) is 15.8 Å². The van der Waals surface area contributed by atoms with Gasteiger partial charge in [0.25, 0.3) is 5.56 Å². The topological polar surface area (TPSA) is 105 Å². The van der Waals surface area contributed by atoms with Crippen LogP contribution in [0.3, 0.4) is 0 Å². The molecule has 0 bridgehead atoms. The van der Waals surface area contributed by atoms with Crippen LogP contribution in [0, 0.1) is 0 Å². The maximum absolute atomic E-state index is 12.6. The molecule has 0 aromatic carbocycles. The lowest BCUT2D eigenvalue weighted by atomic mass is 10.2. The molecule has 2 rings (SSSR count). The third-order valence-corrected chi connectivity index (χ3v) is 2.97. The molecule has 7 nitrogen and oxygen atoms in total. The molecule has 10 heteroatoms. The first-order valence-electron chi connectivity index (χ1n) is 5.61. The minimum atomic E-state index is -4.92. The minimum absolute atomic E-state index is 0.172. The summed E-state index contributed by atoms with van der Waals surface area (Å²) in [6.45, 7) is -0.540. The highest BCUT2D eigenvalue weighted by molar-refractivity contribution is 5.09. The van der Waals surface area contributed by atoms with Gasteiger partial charge >= 0.3 is 11.9 Å². The van der Waals surface area contributed by atoms with Crippen LogP contribution in [0.4, 0.5) is 13.2 Å². The summed E-state index contributed by atoms with van der Waals surface area (Å²) in [7, 11) is 0. The van der Waals surface area contributed by atoms with E-state index in [-0.39, 0.29) is 6.42 Å². The molecule has 1 aromatic rings. The average molecular weight is 296 g/mol. The van der Waals surface area contributed by atoms with Crippen LogP contribution in [0.5, 0.6) is 0 Å². The summed E-state index contributed by atoms with van der Waals surface area (Å²) in [5.74, 6) is 0. The number of aliphatic hydroxyl groups excluding tert-OH is 2. The molecular formula is C10H11F3N2O5. The fourth-order valence-corrected chi connectivity index (χ4v) is 1.95. The third-order valence-electron chi connectivity index (χ3n) is 2.97. The largest absolute Gasteiger partial charge is 0.423 e. The van der Waals surface area contributed by atoms with Gasteiger partial charge in [0.2, 0.25) is 0 Å². The van der Waals surface area contributed by atoms with Crippen molar-refractivity contribution in [2.75, 3.05) is 6.61 Å². The van der Waals surface area contributed by atoms with E-state index in [2.05, 4.69) is 0 Å². The molecule has 0 radical (unpaired) electrons. The first-order chi connectivity index (χ1) is 9.24. The van der Waals surface area contributed by atoms with Gasteiger partial charge in [-0.25, -0.2) is 4.79 Å². The molecule has 1 fully saturated rings. The number of ether oxygens (including phenoxy) is 1. The first-order valence-corrected chi connectivity index (χ1v) is 5.61. The maximum atomic E-state index is 12.6. The van der Waals surface area contributed by atoms with E-state index >= 15 is 0 Å². The molecular weight excluding hydrogens is 285 g/mol. The van der Waals surface area contributed by atoms with E-state index in [9.17, 15) is 27.9 Å². The predicted molar refractivity (Wildman–Crippen MR) is 57.9 cm³/mol. The third kappa shape index (κ3) is 2.62. The van der Waals surface area contributed by atoms with Gasteiger partial charge in [0.1, 0.15) is 17.9 Å². The van der Waals surface area contributed by atoms with Crippen molar-refractivity contribution in [3.8, 4) is 0 Å². The molecule has 0 amide bonds. The van der Waals surface area contributed by atoms with Gasteiger partial charge in [-0.05, 0) is 0 Å². The van der Waals surface area contributed by atoms with Crippen molar-refractivity contribution in [1.29, 1.82) is 0 Å². The van der Waals surface area contributed by atoms with Crippen molar-refractivity contribution in [3.05, 3.63) is 32.6 Å². The number of rotatable bonds is 2. The van der Waals surface area contributed by atoms with E-state index in [1.807, 2.05) is 0 Å². The molecule has 1 saturated heterocycles. The molecule has 0 aliphatic carbocycles. The fourth-order valence-electron chi connectivity index (χ4n) is 1.95. The van der Waals surface area contributed by atoms with Crippen molar-refractivity contribution >= 4 is 0 Å². The number of H-pyrrole nitrogens is 1. The smallest absolute Gasteiger partial charge is 0.394 e. The molecule has 1 aliphatic heterocycles. The highest BCUT2D eigenvalue weighted by Crippen LogP contribution is 2.30. The number of aromatic amines is 1. The van der Waals surface area contributed by atoms with Crippen LogP contribution < -0.4 is 11.2 Å². The van der Waals surface area contributed by atoms with E-state index < -0.39 is 48.0 Å². The summed E-state index contributed by atoms with van der Waals surface area (Å²) in [5.41, 5.74) is -4.17. The zero-order valence-corrected chi connectivity index (χ0v) is 9.92. The van der Waals surface area contributed by atoms with Crippen LogP contribution in [0.2, 0.25) is 0 Å². The lowest BCUT2D eigenvalue weighted by Crippen LogP contribution is -2.36. The molecule has 3 atom stereocenters. The van der Waals surface area contributed by atoms with Gasteiger partial charge in [-0.3, -0.25) is 14.3 Å². The molecule has 2 heterocycles. The van der Waals surface area contributed by atoms with Crippen LogP contribution in [-0.4, -0.2) is 38.6 Å². The summed E-state index contributed by atoms with van der Waals surface area (Å²) < 4.78 is 43.4. The minimum Gasteiger partial charge on any atom is -0.394 e. The molecule has 1 aliphatic rings. The van der Waals surface area contributed by atoms with E-state index in [0.717, 1.165) is 0 Å². The van der Waals surface area contributed by atoms with Gasteiger partial charge in [0.05, 0.1) is 12.7 Å². The summed E-state index contributed by atoms with van der Waals surface area (Å²) in [5, 5.41) is 18.4. The van der Waals surface area contributed by atoms with Gasteiger partial charge in [0.15, 0.2) is 0 Å². The Morgan fingerprint density at radius 2 is 2.10 bits per heavy atom. The van der Waals surface area contributed by atoms with Crippen LogP contribution >= 0.6 is 0 Å². The molecule has 20 heavy (non-hydrogen) atoms. The van der Waals surface area contributed by atoms with Gasteiger partial charge in [-0.2, -0.15) is 13.2 Å². The Labute approximate surface area is 109 Å². The Morgan fingerprint density at radius 1 is 1.45 bits per heavy atom. The highest BCUT2D eigenvalue weighted by atomic mass is 19.4. The SMILES string of the molecule is O=c1[nH]c(=O)n([C@@H]2CC(O)[C@H](CO)O2)cc1C(F)(F)F. The molecule has 0 saturated carbocycles. The summed E-state index contributed by atoms with van der Waals surface area (Å²) in [6, 6.07) is 0. The number of halogens is 3. The number of nitrogens with one attached hydrogen (secondary N) is 1. The number of alkyl halides is 3. The molecule has 1 aromatic heterocycles. The summed E-state index contributed by atoms with van der Waals surface area (Å²) in [6.07, 6.45) is -8.04. The predicted octanol–water partition coefficient (Wildman–Crippen LogP) is -0.804. The monoisotopic (exact) mass is 296 g/mol. The lowest BCUT2D eigenvalue weighted by molar-refractivity contribution is -0.139. The van der Waals surface area contributed by atoms with E-state index in [0.29, 0.717) is 10.8 Å². The first kappa shape index (κ1) is 14.8. The second-order valence-corrected chi connectivity index (χ2v) is 4.32. The van der Waals surface area contributed by atoms with Gasteiger partial charge in [-0.15, -0.1) is 0 Å². The molecule has 3 N–H and O–H groups in total. The number of aromatic nitrogens is 2. The lowest BCUT2D eigenvalue weighted by Gasteiger charge is -2.16. The van der Waals surface area contributed by atoms with Gasteiger partial charge in [-0.1, -0.05) is 0 Å². The number of hydrogen-bond acceptors (Lipinski definition) is 5. The second kappa shape index (κ2) is 5.04. The second-order valence-electron chi connectivity index (χ2n) is 4.32. The van der Waals surface area contributed by atoms with Crippen molar-refractivity contribution in [1.82, 2.24) is 9.55 Å². The normalized spacial score (nSPS) is 26.9. The Hall–Kier alpha value is -1.65. The standard InChI is InChI=1S/C10H11F3N2O5/c11-10(12,13)4-2-15(9(19)14-8(4)18)7-1-5(17)6(3-16)20-7/h2,5-7,16-17H,1,3H2,(H,14,18,19)/t5?,6-,7-/m0/s1. The van der Waals surface area contributed by atoms with E-state index in [1.54, 1.807) is 4.98 Å². The Kier molecular flexibility index (Phi) is 3.71.